The van der Waals surface area contributed by atoms with Crippen LogP contribution in [-0.2, 0) is 9.53 Å². The molecule has 1 aromatic heterocycles. The van der Waals surface area contributed by atoms with Gasteiger partial charge in [0.2, 0.25) is 0 Å². The maximum Gasteiger partial charge on any atom is 0.298 e. The smallest absolute Gasteiger partial charge is 0.298 e. The zero-order chi connectivity index (χ0) is 23.8. The van der Waals surface area contributed by atoms with Crippen molar-refractivity contribution in [1.29, 1.82) is 0 Å². The Morgan fingerprint density at radius 3 is 2.56 bits per heavy atom. The van der Waals surface area contributed by atoms with Crippen molar-refractivity contribution >= 4 is 17.6 Å². The van der Waals surface area contributed by atoms with Crippen LogP contribution < -0.4 is 11.1 Å². The molecule has 1 aromatic carbocycles. The Bertz CT molecular complexity index is 1120. The summed E-state index contributed by atoms with van der Waals surface area (Å²) in [5, 5.41) is 7.49. The van der Waals surface area contributed by atoms with Crippen molar-refractivity contribution in [1.82, 2.24) is 20.0 Å². The number of carbonyl (C=O) groups excluding carboxylic acids is 2. The number of hydrogen-bond donors (Lipinski definition) is 2. The monoisotopic (exact) mass is 465 g/mol. The Labute approximate surface area is 201 Å². The second-order valence-corrected chi connectivity index (χ2v) is 9.05. The number of amides is 2. The zero-order valence-electron chi connectivity index (χ0n) is 19.6. The Hall–Kier alpha value is -3.31. The van der Waals surface area contributed by atoms with E-state index in [4.69, 9.17) is 15.6 Å². The number of likely N-dealkylation sites (tertiary alicyclic amines) is 1. The van der Waals surface area contributed by atoms with E-state index < -0.39 is 0 Å². The molecule has 1 aliphatic heterocycles. The number of nitrogens with two attached hydrogens (primary N) is 1. The molecule has 2 amide bonds. The summed E-state index contributed by atoms with van der Waals surface area (Å²) >= 11 is 0. The van der Waals surface area contributed by atoms with Gasteiger partial charge in [-0.1, -0.05) is 37.6 Å². The standard InChI is InChI=1S/C25H31N5O3.CH4/c1-5-6-20(31)29-12-11-25(15-29)13-19(14-25)30-23(26)21(24(32)27-3)22(28-30)18-9-7-17(8-10-18)16(2)33-4;/h7-10,16,19H,11-15,26H2,1-4H3,(H,27,32);1H4. The summed E-state index contributed by atoms with van der Waals surface area (Å²) in [7, 11) is 3.26. The third-order valence-corrected chi connectivity index (χ3v) is 7.05. The van der Waals surface area contributed by atoms with Crippen molar-refractivity contribution in [3.05, 3.63) is 35.4 Å². The first-order valence-electron chi connectivity index (χ1n) is 11.3. The molecular formula is C26H35N5O3. The number of carbonyl (C=O) groups is 2. The highest BCUT2D eigenvalue weighted by atomic mass is 16.5. The van der Waals surface area contributed by atoms with E-state index >= 15 is 0 Å². The topological polar surface area (TPSA) is 102 Å². The normalized spacial score (nSPS) is 21.8. The van der Waals surface area contributed by atoms with Crippen LogP contribution in [0.15, 0.2) is 24.3 Å². The summed E-state index contributed by atoms with van der Waals surface area (Å²) in [6.45, 7) is 5.11. The van der Waals surface area contributed by atoms with Gasteiger partial charge in [-0.3, -0.25) is 9.59 Å². The van der Waals surface area contributed by atoms with Crippen LogP contribution in [0.1, 0.15) is 68.6 Å². The number of rotatable bonds is 5. The average Bonchev–Trinajstić information content (AvgIpc) is 3.39. The van der Waals surface area contributed by atoms with Crippen molar-refractivity contribution in [2.75, 3.05) is 33.0 Å². The fraction of sp³-hybridized carbons (Fsp3) is 0.500. The quantitative estimate of drug-likeness (QED) is 0.659. The van der Waals surface area contributed by atoms with Crippen molar-refractivity contribution < 1.29 is 14.3 Å². The van der Waals surface area contributed by atoms with Crippen LogP contribution >= 0.6 is 0 Å². The van der Waals surface area contributed by atoms with Gasteiger partial charge < -0.3 is 20.7 Å². The van der Waals surface area contributed by atoms with E-state index in [2.05, 4.69) is 17.2 Å². The van der Waals surface area contributed by atoms with Crippen LogP contribution in [0, 0.1) is 17.3 Å². The molecule has 1 saturated heterocycles. The fourth-order valence-electron chi connectivity index (χ4n) is 5.07. The summed E-state index contributed by atoms with van der Waals surface area (Å²) < 4.78 is 7.18. The highest BCUT2D eigenvalue weighted by Gasteiger charge is 2.51. The molecule has 0 radical (unpaired) electrons. The molecule has 1 saturated carbocycles. The molecule has 8 heteroatoms. The number of nitrogens with one attached hydrogen (secondary N) is 1. The lowest BCUT2D eigenvalue weighted by atomic mass is 9.65. The zero-order valence-corrected chi connectivity index (χ0v) is 19.6. The molecule has 4 rings (SSSR count). The maximum absolute atomic E-state index is 12.7. The third-order valence-electron chi connectivity index (χ3n) is 7.05. The van der Waals surface area contributed by atoms with E-state index in [-0.39, 0.29) is 36.8 Å². The lowest BCUT2D eigenvalue weighted by molar-refractivity contribution is -0.125. The Morgan fingerprint density at radius 2 is 1.97 bits per heavy atom. The summed E-state index contributed by atoms with van der Waals surface area (Å²) in [6, 6.07) is 7.95. The van der Waals surface area contributed by atoms with Crippen LogP contribution in [0.5, 0.6) is 0 Å². The summed E-state index contributed by atoms with van der Waals surface area (Å²) in [5.41, 5.74) is 9.40. The Kier molecular flexibility index (Phi) is 7.37. The molecule has 1 unspecified atom stereocenters. The molecule has 3 N–H and O–H groups in total. The lowest BCUT2D eigenvalue weighted by Crippen LogP contribution is -2.42. The number of benzene rings is 1. The van der Waals surface area contributed by atoms with Crippen molar-refractivity contribution in [3.63, 3.8) is 0 Å². The van der Waals surface area contributed by atoms with Crippen molar-refractivity contribution in [2.45, 2.75) is 52.7 Å². The molecule has 1 atom stereocenters. The first-order valence-corrected chi connectivity index (χ1v) is 11.3. The highest BCUT2D eigenvalue weighted by Crippen LogP contribution is 2.54. The van der Waals surface area contributed by atoms with Crippen LogP contribution in [0.4, 0.5) is 5.82 Å². The number of ether oxygens (including phenoxy) is 1. The summed E-state index contributed by atoms with van der Waals surface area (Å²) in [4.78, 5) is 26.7. The highest BCUT2D eigenvalue weighted by molar-refractivity contribution is 6.04. The van der Waals surface area contributed by atoms with Gasteiger partial charge in [-0.2, -0.15) is 5.10 Å². The van der Waals surface area contributed by atoms with Crippen molar-refractivity contribution in [2.24, 2.45) is 5.41 Å². The van der Waals surface area contributed by atoms with E-state index in [0.29, 0.717) is 23.6 Å². The van der Waals surface area contributed by atoms with Gasteiger partial charge in [-0.05, 0) is 50.0 Å². The van der Waals surface area contributed by atoms with Crippen LogP contribution in [0.2, 0.25) is 0 Å². The Balaban J connectivity index is 0.00000324. The van der Waals surface area contributed by atoms with Gasteiger partial charge in [-0.25, -0.2) is 4.68 Å². The average molecular weight is 466 g/mol. The minimum Gasteiger partial charge on any atom is -0.383 e. The number of nitrogen functional groups attached to an aromatic ring is 1. The van der Waals surface area contributed by atoms with Gasteiger partial charge in [0.15, 0.2) is 0 Å². The molecule has 2 fully saturated rings. The van der Waals surface area contributed by atoms with Crippen LogP contribution in [0.25, 0.3) is 11.3 Å². The number of methoxy groups -OCH3 is 1. The number of aromatic nitrogens is 2. The predicted molar refractivity (Wildman–Crippen MR) is 133 cm³/mol. The van der Waals surface area contributed by atoms with Crippen molar-refractivity contribution in [3.8, 4) is 23.1 Å². The summed E-state index contributed by atoms with van der Waals surface area (Å²) in [6.07, 6.45) is 2.68. The van der Waals surface area contributed by atoms with E-state index in [1.807, 2.05) is 36.1 Å². The molecule has 1 aliphatic carbocycles. The van der Waals surface area contributed by atoms with Gasteiger partial charge in [0.1, 0.15) is 17.1 Å². The first kappa shape index (κ1) is 25.3. The van der Waals surface area contributed by atoms with Gasteiger partial charge >= 0.3 is 0 Å². The molecule has 0 bridgehead atoms. The Morgan fingerprint density at radius 1 is 1.29 bits per heavy atom. The molecule has 34 heavy (non-hydrogen) atoms. The second-order valence-electron chi connectivity index (χ2n) is 9.05. The second kappa shape index (κ2) is 9.90. The van der Waals surface area contributed by atoms with E-state index in [1.54, 1.807) is 25.8 Å². The molecule has 2 heterocycles. The molecule has 8 nitrogen and oxygen atoms in total. The van der Waals surface area contributed by atoms with Crippen LogP contribution in [-0.4, -0.2) is 53.7 Å². The number of nitrogens with zero attached hydrogens (tertiary/aromatic N) is 3. The predicted octanol–water partition coefficient (Wildman–Crippen LogP) is 3.41. The van der Waals surface area contributed by atoms with E-state index in [9.17, 15) is 9.59 Å². The molecule has 2 aromatic rings. The molecular weight excluding hydrogens is 430 g/mol. The molecule has 182 valence electrons. The van der Waals surface area contributed by atoms with E-state index in [1.165, 1.54) is 0 Å². The minimum absolute atomic E-state index is 0. The number of anilines is 1. The van der Waals surface area contributed by atoms with Crippen LogP contribution in [0.3, 0.4) is 0 Å². The summed E-state index contributed by atoms with van der Waals surface area (Å²) in [5.74, 6) is 5.34. The number of hydrogen-bond acceptors (Lipinski definition) is 5. The van der Waals surface area contributed by atoms with Gasteiger partial charge in [-0.15, -0.1) is 0 Å². The van der Waals surface area contributed by atoms with Gasteiger partial charge in [0, 0.05) is 32.8 Å². The lowest BCUT2D eigenvalue weighted by Gasteiger charge is -2.45. The molecule has 2 aliphatic rings. The largest absolute Gasteiger partial charge is 0.383 e. The first-order chi connectivity index (χ1) is 15.8. The van der Waals surface area contributed by atoms with Gasteiger partial charge in [0.25, 0.3) is 11.8 Å². The third kappa shape index (κ3) is 4.40. The minimum atomic E-state index is -0.257. The molecule has 1 spiro atoms. The SMILES string of the molecule is C.CC#CC(=O)N1CCC2(CC(n3nc(-c4ccc(C(C)OC)cc4)c(C(=O)NC)c3N)C2)C1. The fourth-order valence-corrected chi connectivity index (χ4v) is 5.07. The maximum atomic E-state index is 12.7. The van der Waals surface area contributed by atoms with E-state index in [0.717, 1.165) is 36.9 Å². The van der Waals surface area contributed by atoms with Gasteiger partial charge in [0.05, 0.1) is 12.1 Å².